The van der Waals surface area contributed by atoms with E-state index in [-0.39, 0.29) is 24.9 Å². The zero-order chi connectivity index (χ0) is 13.4. The lowest BCUT2D eigenvalue weighted by atomic mass is 10.1. The van der Waals surface area contributed by atoms with E-state index in [4.69, 9.17) is 5.73 Å². The highest BCUT2D eigenvalue weighted by molar-refractivity contribution is 6.05. The number of carbonyl (C=O) groups excluding carboxylic acids is 2. The number of hydrogen-bond acceptors (Lipinski definition) is 5. The third kappa shape index (κ3) is 1.97. The van der Waals surface area contributed by atoms with Crippen LogP contribution in [0.2, 0.25) is 0 Å². The van der Waals surface area contributed by atoms with E-state index in [1.807, 2.05) is 12.1 Å². The van der Waals surface area contributed by atoms with Gasteiger partial charge in [0.1, 0.15) is 0 Å². The van der Waals surface area contributed by atoms with Gasteiger partial charge >= 0.3 is 0 Å². The Bertz CT molecular complexity index is 667. The molecule has 2 amide bonds. The summed E-state index contributed by atoms with van der Waals surface area (Å²) in [5.74, 6) is -0.635. The lowest BCUT2D eigenvalue weighted by Gasteiger charge is -2.28. The predicted molar refractivity (Wildman–Crippen MR) is 71.5 cm³/mol. The molecule has 1 saturated heterocycles. The van der Waals surface area contributed by atoms with Crippen LogP contribution in [0, 0.1) is 0 Å². The number of nitrogens with one attached hydrogen (secondary N) is 1. The first kappa shape index (κ1) is 11.5. The maximum Gasteiger partial charge on any atom is 0.246 e. The number of nitrogens with zero attached hydrogens (tertiary/aromatic N) is 2. The highest BCUT2D eigenvalue weighted by atomic mass is 16.2. The first-order chi connectivity index (χ1) is 9.15. The summed E-state index contributed by atoms with van der Waals surface area (Å²) >= 11 is 0. The van der Waals surface area contributed by atoms with Crippen LogP contribution in [0.4, 0.5) is 11.4 Å². The van der Waals surface area contributed by atoms with E-state index in [9.17, 15) is 9.59 Å². The fraction of sp³-hybridized carbons (Fsp3) is 0.154. The number of benzene rings is 1. The van der Waals surface area contributed by atoms with Crippen LogP contribution in [0.25, 0.3) is 10.9 Å². The van der Waals surface area contributed by atoms with Gasteiger partial charge in [-0.15, -0.1) is 0 Å². The molecule has 6 heteroatoms. The molecule has 0 spiro atoms. The van der Waals surface area contributed by atoms with Crippen molar-refractivity contribution in [2.45, 2.75) is 0 Å². The lowest BCUT2D eigenvalue weighted by Crippen LogP contribution is -2.51. The third-order valence-electron chi connectivity index (χ3n) is 3.09. The van der Waals surface area contributed by atoms with Crippen molar-refractivity contribution in [3.63, 3.8) is 0 Å². The van der Waals surface area contributed by atoms with E-state index in [0.29, 0.717) is 11.4 Å². The molecule has 96 valence electrons. The summed E-state index contributed by atoms with van der Waals surface area (Å²) in [5, 5.41) is 3.08. The predicted octanol–water partition coefficient (Wildman–Crippen LogP) is 0.280. The van der Waals surface area contributed by atoms with Crippen molar-refractivity contribution < 1.29 is 9.59 Å². The Morgan fingerprint density at radius 3 is 2.63 bits per heavy atom. The van der Waals surface area contributed by atoms with E-state index in [1.54, 1.807) is 23.2 Å². The van der Waals surface area contributed by atoms with E-state index in [1.165, 1.54) is 0 Å². The standard InChI is InChI=1S/C13H12N4O2/c14-13-8-2-1-5-15-9(8)3-4-10(13)17-6-11(18)16-12(19)7-17/h1-5H,6-7,14H2,(H,16,18,19). The van der Waals surface area contributed by atoms with Crippen molar-refractivity contribution >= 4 is 34.1 Å². The molecule has 3 rings (SSSR count). The number of amides is 2. The molecule has 0 atom stereocenters. The number of hydrogen-bond donors (Lipinski definition) is 2. The topological polar surface area (TPSA) is 88.3 Å². The van der Waals surface area contributed by atoms with Crippen molar-refractivity contribution in [3.8, 4) is 0 Å². The molecule has 6 nitrogen and oxygen atoms in total. The average Bonchev–Trinajstić information content (AvgIpc) is 2.38. The SMILES string of the molecule is Nc1c(N2CC(=O)NC(=O)C2)ccc2ncccc12. The second-order valence-corrected chi connectivity index (χ2v) is 4.40. The van der Waals surface area contributed by atoms with Gasteiger partial charge in [0, 0.05) is 11.6 Å². The zero-order valence-corrected chi connectivity index (χ0v) is 10.1. The largest absolute Gasteiger partial charge is 0.396 e. The molecule has 1 aliphatic heterocycles. The molecule has 1 aromatic heterocycles. The monoisotopic (exact) mass is 256 g/mol. The molecule has 1 aromatic carbocycles. The van der Waals surface area contributed by atoms with Crippen LogP contribution in [0.3, 0.4) is 0 Å². The average molecular weight is 256 g/mol. The van der Waals surface area contributed by atoms with Gasteiger partial charge < -0.3 is 10.6 Å². The number of imide groups is 1. The number of aromatic nitrogens is 1. The highest BCUT2D eigenvalue weighted by Gasteiger charge is 2.24. The Balaban J connectivity index is 2.07. The summed E-state index contributed by atoms with van der Waals surface area (Å²) < 4.78 is 0. The molecule has 2 heterocycles. The number of anilines is 2. The third-order valence-corrected chi connectivity index (χ3v) is 3.09. The van der Waals surface area contributed by atoms with Gasteiger partial charge in [-0.1, -0.05) is 0 Å². The van der Waals surface area contributed by atoms with Gasteiger partial charge in [-0.2, -0.15) is 0 Å². The van der Waals surface area contributed by atoms with Crippen LogP contribution in [0.5, 0.6) is 0 Å². The van der Waals surface area contributed by atoms with E-state index in [2.05, 4.69) is 10.3 Å². The molecule has 0 unspecified atom stereocenters. The Hall–Kier alpha value is -2.63. The van der Waals surface area contributed by atoms with Crippen LogP contribution in [0.15, 0.2) is 30.5 Å². The molecule has 0 aliphatic carbocycles. The molecule has 0 radical (unpaired) electrons. The van der Waals surface area contributed by atoms with Gasteiger partial charge in [-0.05, 0) is 24.3 Å². The van der Waals surface area contributed by atoms with Crippen molar-refractivity contribution in [1.82, 2.24) is 10.3 Å². The normalized spacial score (nSPS) is 15.7. The number of fused-ring (bicyclic) bond motifs is 1. The summed E-state index contributed by atoms with van der Waals surface area (Å²) in [6.07, 6.45) is 1.69. The molecule has 0 saturated carbocycles. The van der Waals surface area contributed by atoms with Gasteiger partial charge in [0.05, 0.1) is 30.0 Å². The van der Waals surface area contributed by atoms with E-state index >= 15 is 0 Å². The number of nitrogens with two attached hydrogens (primary N) is 1. The second-order valence-electron chi connectivity index (χ2n) is 4.40. The van der Waals surface area contributed by atoms with Crippen LogP contribution in [0.1, 0.15) is 0 Å². The summed E-state index contributed by atoms with van der Waals surface area (Å²) in [5.41, 5.74) is 8.12. The number of rotatable bonds is 1. The molecule has 1 aliphatic rings. The van der Waals surface area contributed by atoms with Gasteiger partial charge in [0.2, 0.25) is 11.8 Å². The van der Waals surface area contributed by atoms with Crippen molar-refractivity contribution in [2.75, 3.05) is 23.7 Å². The minimum atomic E-state index is -0.318. The van der Waals surface area contributed by atoms with E-state index < -0.39 is 0 Å². The second kappa shape index (κ2) is 4.24. The molecule has 19 heavy (non-hydrogen) atoms. The number of pyridine rings is 1. The van der Waals surface area contributed by atoms with Crippen molar-refractivity contribution in [1.29, 1.82) is 0 Å². The number of piperazine rings is 1. The summed E-state index contributed by atoms with van der Waals surface area (Å²) in [4.78, 5) is 28.7. The minimum Gasteiger partial charge on any atom is -0.396 e. The first-order valence-electron chi connectivity index (χ1n) is 5.86. The molecule has 0 bridgehead atoms. The Labute approximate surface area is 109 Å². The molecular weight excluding hydrogens is 244 g/mol. The summed E-state index contributed by atoms with van der Waals surface area (Å²) in [6, 6.07) is 7.29. The van der Waals surface area contributed by atoms with Gasteiger partial charge in [-0.25, -0.2) is 0 Å². The van der Waals surface area contributed by atoms with Gasteiger partial charge in [0.25, 0.3) is 0 Å². The Kier molecular flexibility index (Phi) is 2.56. The zero-order valence-electron chi connectivity index (χ0n) is 10.1. The molecular formula is C13H12N4O2. The van der Waals surface area contributed by atoms with E-state index in [0.717, 1.165) is 10.9 Å². The quantitative estimate of drug-likeness (QED) is 0.565. The fourth-order valence-electron chi connectivity index (χ4n) is 2.25. The van der Waals surface area contributed by atoms with Crippen LogP contribution < -0.4 is 16.0 Å². The smallest absolute Gasteiger partial charge is 0.246 e. The Morgan fingerprint density at radius 1 is 1.16 bits per heavy atom. The molecule has 2 aromatic rings. The number of carbonyl (C=O) groups is 2. The first-order valence-corrected chi connectivity index (χ1v) is 5.86. The van der Waals surface area contributed by atoms with Crippen LogP contribution in [-0.4, -0.2) is 29.9 Å². The lowest BCUT2D eigenvalue weighted by molar-refractivity contribution is -0.130. The fourth-order valence-corrected chi connectivity index (χ4v) is 2.25. The van der Waals surface area contributed by atoms with Crippen molar-refractivity contribution in [2.24, 2.45) is 0 Å². The minimum absolute atomic E-state index is 0.127. The molecule has 1 fully saturated rings. The summed E-state index contributed by atoms with van der Waals surface area (Å²) in [7, 11) is 0. The maximum atomic E-state index is 11.4. The summed E-state index contributed by atoms with van der Waals surface area (Å²) in [6.45, 7) is 0.253. The van der Waals surface area contributed by atoms with Gasteiger partial charge in [-0.3, -0.25) is 19.9 Å². The highest BCUT2D eigenvalue weighted by Crippen LogP contribution is 2.30. The molecule has 3 N–H and O–H groups in total. The van der Waals surface area contributed by atoms with Crippen LogP contribution in [-0.2, 0) is 9.59 Å². The van der Waals surface area contributed by atoms with Crippen molar-refractivity contribution in [3.05, 3.63) is 30.5 Å². The van der Waals surface area contributed by atoms with Gasteiger partial charge in [0.15, 0.2) is 0 Å². The Morgan fingerprint density at radius 2 is 1.89 bits per heavy atom. The number of nitrogen functional groups attached to an aromatic ring is 1. The van der Waals surface area contributed by atoms with Crippen LogP contribution >= 0.6 is 0 Å². The maximum absolute atomic E-state index is 11.4.